The van der Waals surface area contributed by atoms with Crippen molar-refractivity contribution >= 4 is 11.8 Å². The van der Waals surface area contributed by atoms with Gasteiger partial charge in [-0.1, -0.05) is 26.7 Å². The van der Waals surface area contributed by atoms with Crippen LogP contribution in [0.5, 0.6) is 0 Å². The van der Waals surface area contributed by atoms with E-state index in [2.05, 4.69) is 30.9 Å². The Hall–Kier alpha value is 0.310. The van der Waals surface area contributed by atoms with E-state index in [0.29, 0.717) is 0 Å². The van der Waals surface area contributed by atoms with Gasteiger partial charge in [0.05, 0.1) is 0 Å². The zero-order valence-electron chi connectivity index (χ0n) is 9.01. The molecule has 1 N–H and O–H groups in total. The number of hydrogen-bond donors (Lipinski definition) is 1. The van der Waals surface area contributed by atoms with E-state index in [1.807, 2.05) is 0 Å². The Labute approximate surface area is 87.1 Å². The van der Waals surface area contributed by atoms with Crippen LogP contribution in [0.15, 0.2) is 0 Å². The number of rotatable bonds is 8. The van der Waals surface area contributed by atoms with Crippen LogP contribution < -0.4 is 5.32 Å². The second-order valence-corrected chi connectivity index (χ2v) is 5.16. The molecule has 0 aromatic heterocycles. The van der Waals surface area contributed by atoms with Gasteiger partial charge in [0.15, 0.2) is 0 Å². The van der Waals surface area contributed by atoms with Gasteiger partial charge < -0.3 is 5.32 Å². The molecule has 1 atom stereocenters. The van der Waals surface area contributed by atoms with Crippen molar-refractivity contribution in [2.24, 2.45) is 5.92 Å². The molecular formula is C11H23NS. The lowest BCUT2D eigenvalue weighted by atomic mass is 10.1. The maximum Gasteiger partial charge on any atom is 0.0160 e. The summed E-state index contributed by atoms with van der Waals surface area (Å²) >= 11 is 2.11. The van der Waals surface area contributed by atoms with Crippen LogP contribution in [0.25, 0.3) is 0 Å². The van der Waals surface area contributed by atoms with E-state index in [9.17, 15) is 0 Å². The summed E-state index contributed by atoms with van der Waals surface area (Å²) < 4.78 is 0. The highest BCUT2D eigenvalue weighted by Gasteiger charge is 2.24. The zero-order chi connectivity index (χ0) is 9.52. The van der Waals surface area contributed by atoms with Crippen molar-refractivity contribution < 1.29 is 0 Å². The molecule has 1 fully saturated rings. The fraction of sp³-hybridized carbons (Fsp3) is 1.00. The van der Waals surface area contributed by atoms with Crippen LogP contribution in [0, 0.1) is 5.92 Å². The Kier molecular flexibility index (Phi) is 5.88. The summed E-state index contributed by atoms with van der Waals surface area (Å²) in [4.78, 5) is 0. The first kappa shape index (κ1) is 11.4. The number of thioether (sulfide) groups is 1. The normalized spacial score (nSPS) is 18.9. The molecule has 1 nitrogen and oxygen atoms in total. The minimum atomic E-state index is 0.786. The van der Waals surface area contributed by atoms with E-state index in [4.69, 9.17) is 0 Å². The Balaban J connectivity index is 2.04. The summed E-state index contributed by atoms with van der Waals surface area (Å²) in [6.07, 6.45) is 5.71. The van der Waals surface area contributed by atoms with Crippen LogP contribution in [-0.2, 0) is 0 Å². The lowest BCUT2D eigenvalue weighted by Crippen LogP contribution is -2.31. The molecule has 0 amide bonds. The summed E-state index contributed by atoms with van der Waals surface area (Å²) in [5.41, 5.74) is 0. The molecule has 2 heteroatoms. The average molecular weight is 201 g/mol. The largest absolute Gasteiger partial charge is 0.313 e. The molecule has 0 spiro atoms. The first-order valence-corrected chi connectivity index (χ1v) is 6.83. The van der Waals surface area contributed by atoms with Gasteiger partial charge in [0.25, 0.3) is 0 Å². The SMILES string of the molecule is CCCSCC(CC1CC1)NCC. The molecule has 0 aromatic carbocycles. The van der Waals surface area contributed by atoms with Crippen molar-refractivity contribution in [3.63, 3.8) is 0 Å². The first-order chi connectivity index (χ1) is 6.36. The monoisotopic (exact) mass is 201 g/mol. The molecule has 1 saturated carbocycles. The number of nitrogens with one attached hydrogen (secondary N) is 1. The highest BCUT2D eigenvalue weighted by Crippen LogP contribution is 2.34. The van der Waals surface area contributed by atoms with Crippen molar-refractivity contribution in [1.82, 2.24) is 5.32 Å². The third kappa shape index (κ3) is 5.58. The predicted octanol–water partition coefficient (Wildman–Crippen LogP) is 2.91. The maximum atomic E-state index is 3.59. The molecule has 0 bridgehead atoms. The van der Waals surface area contributed by atoms with Crippen LogP contribution >= 0.6 is 11.8 Å². The molecule has 1 aliphatic carbocycles. The first-order valence-electron chi connectivity index (χ1n) is 5.68. The Morgan fingerprint density at radius 1 is 1.38 bits per heavy atom. The zero-order valence-corrected chi connectivity index (χ0v) is 9.83. The van der Waals surface area contributed by atoms with Gasteiger partial charge in [-0.25, -0.2) is 0 Å². The fourth-order valence-corrected chi connectivity index (χ4v) is 2.62. The molecule has 0 radical (unpaired) electrons. The molecule has 0 aliphatic heterocycles. The molecule has 1 unspecified atom stereocenters. The Bertz CT molecular complexity index is 123. The van der Waals surface area contributed by atoms with E-state index in [0.717, 1.165) is 18.5 Å². The van der Waals surface area contributed by atoms with Crippen LogP contribution in [0.1, 0.15) is 39.5 Å². The smallest absolute Gasteiger partial charge is 0.0160 e. The van der Waals surface area contributed by atoms with Crippen molar-refractivity contribution in [2.45, 2.75) is 45.6 Å². The third-order valence-corrected chi connectivity index (χ3v) is 3.81. The fourth-order valence-electron chi connectivity index (χ4n) is 1.62. The predicted molar refractivity (Wildman–Crippen MR) is 62.4 cm³/mol. The Morgan fingerprint density at radius 3 is 2.69 bits per heavy atom. The molecule has 0 heterocycles. The van der Waals surface area contributed by atoms with Gasteiger partial charge in [-0.2, -0.15) is 11.8 Å². The van der Waals surface area contributed by atoms with Crippen molar-refractivity contribution in [3.8, 4) is 0 Å². The lowest BCUT2D eigenvalue weighted by molar-refractivity contribution is 0.508. The highest BCUT2D eigenvalue weighted by molar-refractivity contribution is 7.99. The van der Waals surface area contributed by atoms with Crippen molar-refractivity contribution in [2.75, 3.05) is 18.1 Å². The second-order valence-electron chi connectivity index (χ2n) is 4.01. The van der Waals surface area contributed by atoms with E-state index in [-0.39, 0.29) is 0 Å². The van der Waals surface area contributed by atoms with E-state index in [1.165, 1.54) is 37.2 Å². The summed E-state index contributed by atoms with van der Waals surface area (Å²) in [6, 6.07) is 0.786. The Morgan fingerprint density at radius 2 is 2.15 bits per heavy atom. The summed E-state index contributed by atoms with van der Waals surface area (Å²) in [6.45, 7) is 5.60. The standard InChI is InChI=1S/C11H23NS/c1-3-7-13-9-11(12-4-2)8-10-5-6-10/h10-12H,3-9H2,1-2H3. The molecule has 78 valence electrons. The van der Waals surface area contributed by atoms with Gasteiger partial charge in [-0.05, 0) is 31.1 Å². The van der Waals surface area contributed by atoms with E-state index < -0.39 is 0 Å². The van der Waals surface area contributed by atoms with E-state index in [1.54, 1.807) is 0 Å². The van der Waals surface area contributed by atoms with Gasteiger partial charge in [0.1, 0.15) is 0 Å². The van der Waals surface area contributed by atoms with Gasteiger partial charge in [0.2, 0.25) is 0 Å². The summed E-state index contributed by atoms with van der Waals surface area (Å²) in [5, 5.41) is 3.59. The summed E-state index contributed by atoms with van der Waals surface area (Å²) in [5.74, 6) is 3.70. The minimum absolute atomic E-state index is 0.786. The number of hydrogen-bond acceptors (Lipinski definition) is 2. The van der Waals surface area contributed by atoms with Gasteiger partial charge in [-0.3, -0.25) is 0 Å². The van der Waals surface area contributed by atoms with Crippen LogP contribution in [0.3, 0.4) is 0 Å². The molecule has 1 rings (SSSR count). The van der Waals surface area contributed by atoms with Crippen LogP contribution in [0.2, 0.25) is 0 Å². The lowest BCUT2D eigenvalue weighted by Gasteiger charge is -2.16. The van der Waals surface area contributed by atoms with Crippen LogP contribution in [0.4, 0.5) is 0 Å². The average Bonchev–Trinajstić information content (AvgIpc) is 2.89. The van der Waals surface area contributed by atoms with Crippen molar-refractivity contribution in [1.29, 1.82) is 0 Å². The molecule has 0 aromatic rings. The van der Waals surface area contributed by atoms with Crippen molar-refractivity contribution in [3.05, 3.63) is 0 Å². The summed E-state index contributed by atoms with van der Waals surface area (Å²) in [7, 11) is 0. The maximum absolute atomic E-state index is 3.59. The van der Waals surface area contributed by atoms with Gasteiger partial charge in [-0.15, -0.1) is 0 Å². The topological polar surface area (TPSA) is 12.0 Å². The molecule has 13 heavy (non-hydrogen) atoms. The minimum Gasteiger partial charge on any atom is -0.313 e. The third-order valence-electron chi connectivity index (χ3n) is 2.48. The van der Waals surface area contributed by atoms with Crippen LogP contribution in [-0.4, -0.2) is 24.1 Å². The molecule has 0 saturated heterocycles. The van der Waals surface area contributed by atoms with Gasteiger partial charge >= 0.3 is 0 Å². The molecule has 1 aliphatic rings. The van der Waals surface area contributed by atoms with E-state index >= 15 is 0 Å². The van der Waals surface area contributed by atoms with Gasteiger partial charge in [0, 0.05) is 11.8 Å². The quantitative estimate of drug-likeness (QED) is 0.606. The second kappa shape index (κ2) is 6.72. The molecular weight excluding hydrogens is 178 g/mol. The highest BCUT2D eigenvalue weighted by atomic mass is 32.2.